The molecule has 8 heteroatoms. The standard InChI is InChI=1S/C14H25N3O4S/c1-5-6-11(2)17(3)14(18)13-9-12(10-15-13)22(19,20)16-7-8-21-4/h9-11,15-16H,5-8H2,1-4H3. The number of aromatic amines is 1. The van der Waals surface area contributed by atoms with Gasteiger partial charge >= 0.3 is 0 Å². The second-order valence-electron chi connectivity index (χ2n) is 5.19. The van der Waals surface area contributed by atoms with Crippen LogP contribution in [0.2, 0.25) is 0 Å². The van der Waals surface area contributed by atoms with Crippen molar-refractivity contribution in [1.29, 1.82) is 0 Å². The van der Waals surface area contributed by atoms with Crippen LogP contribution in [-0.2, 0) is 14.8 Å². The number of H-pyrrole nitrogens is 1. The van der Waals surface area contributed by atoms with Gasteiger partial charge in [-0.1, -0.05) is 13.3 Å². The summed E-state index contributed by atoms with van der Waals surface area (Å²) in [4.78, 5) is 16.7. The summed E-state index contributed by atoms with van der Waals surface area (Å²) in [5.74, 6) is -0.223. The number of hydrogen-bond acceptors (Lipinski definition) is 4. The zero-order chi connectivity index (χ0) is 16.8. The van der Waals surface area contributed by atoms with E-state index in [0.717, 1.165) is 12.8 Å². The molecular weight excluding hydrogens is 306 g/mol. The molecule has 1 heterocycles. The fraction of sp³-hybridized carbons (Fsp3) is 0.643. The van der Waals surface area contributed by atoms with E-state index in [1.165, 1.54) is 19.4 Å². The summed E-state index contributed by atoms with van der Waals surface area (Å²) in [7, 11) is -0.422. The van der Waals surface area contributed by atoms with Gasteiger partial charge in [0.15, 0.2) is 0 Å². The second kappa shape index (κ2) is 8.30. The molecule has 22 heavy (non-hydrogen) atoms. The Morgan fingerprint density at radius 2 is 2.18 bits per heavy atom. The lowest BCUT2D eigenvalue weighted by molar-refractivity contribution is 0.0731. The molecule has 0 aliphatic carbocycles. The molecular formula is C14H25N3O4S. The molecule has 1 atom stereocenters. The molecule has 126 valence electrons. The minimum atomic E-state index is -3.63. The number of nitrogens with zero attached hydrogens (tertiary/aromatic N) is 1. The predicted molar refractivity (Wildman–Crippen MR) is 84.3 cm³/mol. The highest BCUT2D eigenvalue weighted by Crippen LogP contribution is 2.14. The van der Waals surface area contributed by atoms with E-state index in [1.807, 2.05) is 6.92 Å². The smallest absolute Gasteiger partial charge is 0.270 e. The van der Waals surface area contributed by atoms with Gasteiger partial charge in [-0.3, -0.25) is 4.79 Å². The summed E-state index contributed by atoms with van der Waals surface area (Å²) in [5, 5.41) is 0. The van der Waals surface area contributed by atoms with Crippen LogP contribution in [0.15, 0.2) is 17.2 Å². The number of ether oxygens (including phenoxy) is 1. The average Bonchev–Trinajstić information content (AvgIpc) is 2.96. The third-order valence-electron chi connectivity index (χ3n) is 3.48. The highest BCUT2D eigenvalue weighted by molar-refractivity contribution is 7.89. The van der Waals surface area contributed by atoms with E-state index >= 15 is 0 Å². The first kappa shape index (κ1) is 18.7. The van der Waals surface area contributed by atoms with Crippen LogP contribution < -0.4 is 4.72 Å². The van der Waals surface area contributed by atoms with E-state index in [-0.39, 0.29) is 35.7 Å². The van der Waals surface area contributed by atoms with E-state index in [4.69, 9.17) is 4.74 Å². The fourth-order valence-electron chi connectivity index (χ4n) is 2.02. The Hall–Kier alpha value is -1.38. The van der Waals surface area contributed by atoms with Gasteiger partial charge in [0.1, 0.15) is 10.6 Å². The molecule has 0 saturated heterocycles. The van der Waals surface area contributed by atoms with Crippen molar-refractivity contribution in [1.82, 2.24) is 14.6 Å². The molecule has 1 aromatic rings. The van der Waals surface area contributed by atoms with Crippen molar-refractivity contribution < 1.29 is 17.9 Å². The summed E-state index contributed by atoms with van der Waals surface area (Å²) < 4.78 is 31.3. The Morgan fingerprint density at radius 1 is 1.50 bits per heavy atom. The summed E-state index contributed by atoms with van der Waals surface area (Å²) in [6.07, 6.45) is 3.19. The van der Waals surface area contributed by atoms with Crippen LogP contribution in [0.1, 0.15) is 37.2 Å². The average molecular weight is 331 g/mol. The normalized spacial score (nSPS) is 13.1. The lowest BCUT2D eigenvalue weighted by Crippen LogP contribution is -2.35. The monoisotopic (exact) mass is 331 g/mol. The Bertz CT molecular complexity index is 583. The van der Waals surface area contributed by atoms with Crippen LogP contribution in [0.3, 0.4) is 0 Å². The lowest BCUT2D eigenvalue weighted by Gasteiger charge is -2.24. The largest absolute Gasteiger partial charge is 0.383 e. The molecule has 1 amide bonds. The van der Waals surface area contributed by atoms with Crippen molar-refractivity contribution in [2.24, 2.45) is 0 Å². The first-order valence-corrected chi connectivity index (χ1v) is 8.76. The van der Waals surface area contributed by atoms with Gasteiger partial charge < -0.3 is 14.6 Å². The van der Waals surface area contributed by atoms with Crippen molar-refractivity contribution in [2.45, 2.75) is 37.6 Å². The molecule has 7 nitrogen and oxygen atoms in total. The molecule has 1 rings (SSSR count). The number of carbonyl (C=O) groups excluding carboxylic acids is 1. The number of rotatable bonds is 9. The molecule has 0 fully saturated rings. The van der Waals surface area contributed by atoms with E-state index in [2.05, 4.69) is 16.6 Å². The van der Waals surface area contributed by atoms with Crippen LogP contribution in [0, 0.1) is 0 Å². The molecule has 0 radical (unpaired) electrons. The van der Waals surface area contributed by atoms with Gasteiger partial charge in [0, 0.05) is 32.9 Å². The van der Waals surface area contributed by atoms with Crippen LogP contribution in [0.25, 0.3) is 0 Å². The number of methoxy groups -OCH3 is 1. The number of nitrogens with one attached hydrogen (secondary N) is 2. The molecule has 0 aliphatic heterocycles. The van der Waals surface area contributed by atoms with Gasteiger partial charge in [-0.15, -0.1) is 0 Å². The first-order chi connectivity index (χ1) is 10.3. The van der Waals surface area contributed by atoms with Gasteiger partial charge in [0.05, 0.1) is 6.61 Å². The number of carbonyl (C=O) groups is 1. The Labute approximate surface area is 132 Å². The summed E-state index contributed by atoms with van der Waals surface area (Å²) in [5.41, 5.74) is 0.262. The maximum Gasteiger partial charge on any atom is 0.270 e. The molecule has 0 saturated carbocycles. The highest BCUT2D eigenvalue weighted by Gasteiger charge is 2.22. The Kier molecular flexibility index (Phi) is 7.05. The third kappa shape index (κ3) is 4.82. The van der Waals surface area contributed by atoms with Crippen molar-refractivity contribution in [3.63, 3.8) is 0 Å². The van der Waals surface area contributed by atoms with Crippen LogP contribution in [0.5, 0.6) is 0 Å². The Morgan fingerprint density at radius 3 is 2.77 bits per heavy atom. The van der Waals surface area contributed by atoms with Gasteiger partial charge in [0.2, 0.25) is 10.0 Å². The topological polar surface area (TPSA) is 91.5 Å². The molecule has 0 bridgehead atoms. The summed E-state index contributed by atoms with van der Waals surface area (Å²) in [6.45, 7) is 4.49. The minimum Gasteiger partial charge on any atom is -0.383 e. The Balaban J connectivity index is 2.80. The van der Waals surface area contributed by atoms with Crippen LogP contribution in [0.4, 0.5) is 0 Å². The number of hydrogen-bond donors (Lipinski definition) is 2. The number of sulfonamides is 1. The number of amides is 1. The van der Waals surface area contributed by atoms with E-state index in [1.54, 1.807) is 11.9 Å². The van der Waals surface area contributed by atoms with Gasteiger partial charge in [-0.05, 0) is 19.4 Å². The SMILES string of the molecule is CCCC(C)N(C)C(=O)c1cc(S(=O)(=O)NCCOC)c[nH]1. The van der Waals surface area contributed by atoms with E-state index < -0.39 is 10.0 Å². The molecule has 0 aliphatic rings. The summed E-state index contributed by atoms with van der Waals surface area (Å²) >= 11 is 0. The molecule has 2 N–H and O–H groups in total. The molecule has 0 aromatic carbocycles. The van der Waals surface area contributed by atoms with E-state index in [0.29, 0.717) is 0 Å². The quantitative estimate of drug-likeness (QED) is 0.665. The van der Waals surface area contributed by atoms with Crippen molar-refractivity contribution in [2.75, 3.05) is 27.3 Å². The maximum absolute atomic E-state index is 12.3. The minimum absolute atomic E-state index is 0.0449. The van der Waals surface area contributed by atoms with E-state index in [9.17, 15) is 13.2 Å². The van der Waals surface area contributed by atoms with Gasteiger partial charge in [0.25, 0.3) is 5.91 Å². The van der Waals surface area contributed by atoms with Crippen molar-refractivity contribution in [3.8, 4) is 0 Å². The zero-order valence-corrected chi connectivity index (χ0v) is 14.4. The van der Waals surface area contributed by atoms with Gasteiger partial charge in [-0.25, -0.2) is 13.1 Å². The lowest BCUT2D eigenvalue weighted by atomic mass is 10.1. The predicted octanol–water partition coefficient (Wildman–Crippen LogP) is 1.20. The molecule has 1 aromatic heterocycles. The van der Waals surface area contributed by atoms with Crippen LogP contribution in [-0.4, -0.2) is 57.6 Å². The van der Waals surface area contributed by atoms with Crippen LogP contribution >= 0.6 is 0 Å². The molecule has 0 spiro atoms. The third-order valence-corrected chi connectivity index (χ3v) is 4.92. The highest BCUT2D eigenvalue weighted by atomic mass is 32.2. The van der Waals surface area contributed by atoms with Crippen molar-refractivity contribution >= 4 is 15.9 Å². The first-order valence-electron chi connectivity index (χ1n) is 7.27. The fourth-order valence-corrected chi connectivity index (χ4v) is 3.02. The second-order valence-corrected chi connectivity index (χ2v) is 6.96. The summed E-state index contributed by atoms with van der Waals surface area (Å²) in [6, 6.07) is 1.45. The van der Waals surface area contributed by atoms with Crippen molar-refractivity contribution in [3.05, 3.63) is 18.0 Å². The number of aromatic nitrogens is 1. The zero-order valence-electron chi connectivity index (χ0n) is 13.5. The molecule has 1 unspecified atom stereocenters. The van der Waals surface area contributed by atoms with Gasteiger partial charge in [-0.2, -0.15) is 0 Å². The maximum atomic E-state index is 12.3.